The molecule has 5 aromatic rings. The highest BCUT2D eigenvalue weighted by Gasteiger charge is 2.72. The first kappa shape index (κ1) is 31.0. The van der Waals surface area contributed by atoms with E-state index in [-0.39, 0.29) is 17.6 Å². The molecule has 240 valence electrons. The van der Waals surface area contributed by atoms with Gasteiger partial charge in [-0.2, -0.15) is 25.9 Å². The van der Waals surface area contributed by atoms with Crippen LogP contribution in [-0.4, -0.2) is 43.6 Å². The Balaban J connectivity index is 1.33. The molecular formula is C35H32N2O8S2+2. The summed E-state index contributed by atoms with van der Waals surface area (Å²) in [4.78, 5) is 0. The largest absolute Gasteiger partial charge is 0.406 e. The molecule has 2 aliphatic rings. The van der Waals surface area contributed by atoms with Crippen molar-refractivity contribution in [3.8, 4) is 28.0 Å². The van der Waals surface area contributed by atoms with Crippen molar-refractivity contribution in [3.63, 3.8) is 0 Å². The second-order valence-corrected chi connectivity index (χ2v) is 14.8. The number of fused-ring (bicyclic) bond motifs is 3. The van der Waals surface area contributed by atoms with Gasteiger partial charge in [-0.1, -0.05) is 79.7 Å². The van der Waals surface area contributed by atoms with Gasteiger partial charge in [0.2, 0.25) is 5.58 Å². The average Bonchev–Trinajstić information content (AvgIpc) is 3.65. The van der Waals surface area contributed by atoms with Crippen molar-refractivity contribution in [2.75, 3.05) is 12.3 Å². The smallest absolute Gasteiger partial charge is 0.374 e. The van der Waals surface area contributed by atoms with Crippen molar-refractivity contribution in [2.24, 2.45) is 0 Å². The molecule has 2 atom stereocenters. The number of oxazole rings is 1. The molecule has 1 fully saturated rings. The number of ether oxygens (including phenoxy) is 1. The van der Waals surface area contributed by atoms with E-state index in [9.17, 15) is 25.9 Å². The average molecular weight is 673 g/mol. The van der Waals surface area contributed by atoms with Gasteiger partial charge in [0, 0.05) is 18.2 Å². The van der Waals surface area contributed by atoms with Gasteiger partial charge in [0.1, 0.15) is 5.75 Å². The maximum atomic E-state index is 12.5. The van der Waals surface area contributed by atoms with Gasteiger partial charge >= 0.3 is 21.9 Å². The summed E-state index contributed by atoms with van der Waals surface area (Å²) in [5.41, 5.74) is 6.23. The Labute approximate surface area is 272 Å². The van der Waals surface area contributed by atoms with Crippen molar-refractivity contribution in [1.82, 2.24) is 4.48 Å². The fourth-order valence-corrected chi connectivity index (χ4v) is 7.72. The molecule has 1 saturated heterocycles. The highest BCUT2D eigenvalue weighted by Crippen LogP contribution is 2.56. The molecule has 4 aromatic carbocycles. The van der Waals surface area contributed by atoms with Gasteiger partial charge in [-0.15, -0.1) is 0 Å². The summed E-state index contributed by atoms with van der Waals surface area (Å²) in [6.07, 6.45) is 3.99. The van der Waals surface area contributed by atoms with Crippen LogP contribution in [0.4, 0.5) is 5.69 Å². The maximum Gasteiger partial charge on any atom is 0.374 e. The zero-order valence-electron chi connectivity index (χ0n) is 25.4. The fourth-order valence-electron chi connectivity index (χ4n) is 6.21. The number of aromatic nitrogens is 1. The van der Waals surface area contributed by atoms with Crippen molar-refractivity contribution in [1.29, 1.82) is 0 Å². The first-order valence-electron chi connectivity index (χ1n) is 15.1. The Hall–Kier alpha value is -4.59. The second-order valence-electron chi connectivity index (χ2n) is 11.7. The summed E-state index contributed by atoms with van der Waals surface area (Å²) >= 11 is 0. The first-order valence-corrected chi connectivity index (χ1v) is 18.2. The van der Waals surface area contributed by atoms with Gasteiger partial charge in [0.25, 0.3) is 21.0 Å². The van der Waals surface area contributed by atoms with Gasteiger partial charge in [-0.05, 0) is 46.4 Å². The minimum Gasteiger partial charge on any atom is -0.406 e. The predicted octanol–water partition coefficient (Wildman–Crippen LogP) is 6.20. The lowest BCUT2D eigenvalue weighted by molar-refractivity contribution is -0.673. The number of quaternary nitrogens is 1. The van der Waals surface area contributed by atoms with Crippen molar-refractivity contribution in [3.05, 3.63) is 120 Å². The van der Waals surface area contributed by atoms with Crippen LogP contribution in [0.15, 0.2) is 119 Å². The summed E-state index contributed by atoms with van der Waals surface area (Å²) < 4.78 is 82.3. The minimum atomic E-state index is -4.42. The molecule has 3 heterocycles. The van der Waals surface area contributed by atoms with Gasteiger partial charge in [-0.25, -0.2) is 0 Å². The van der Waals surface area contributed by atoms with Crippen LogP contribution in [-0.2, 0) is 26.8 Å². The van der Waals surface area contributed by atoms with Crippen LogP contribution in [0.3, 0.4) is 0 Å². The lowest BCUT2D eigenvalue weighted by Gasteiger charge is -2.12. The Morgan fingerprint density at radius 2 is 1.51 bits per heavy atom. The van der Waals surface area contributed by atoms with Crippen molar-refractivity contribution >= 4 is 43.1 Å². The van der Waals surface area contributed by atoms with Crippen LogP contribution < -0.4 is 13.8 Å². The number of hydrogen-bond acceptors (Lipinski definition) is 6. The summed E-state index contributed by atoms with van der Waals surface area (Å²) in [6.45, 7) is 1.96. The van der Waals surface area contributed by atoms with Crippen LogP contribution in [0.2, 0.25) is 0 Å². The SMILES string of the molecule is CCC(=Cc1oc2ccc(-c3ccccc3)cc2[n+]1CCS(=O)(=O)O)C=C1Oc2ccc(-c3ccccc3)cc2[N+]12CC2S(=O)(=O)O. The Bertz CT molecular complexity index is 2300. The van der Waals surface area contributed by atoms with Gasteiger partial charge in [-0.3, -0.25) is 9.11 Å². The monoisotopic (exact) mass is 672 g/mol. The first-order chi connectivity index (χ1) is 22.5. The van der Waals surface area contributed by atoms with E-state index in [4.69, 9.17) is 9.15 Å². The van der Waals surface area contributed by atoms with E-state index < -0.39 is 31.4 Å². The third kappa shape index (κ3) is 5.90. The summed E-state index contributed by atoms with van der Waals surface area (Å²) in [5, 5.41) is -1.12. The molecule has 2 aliphatic heterocycles. The molecule has 1 aromatic heterocycles. The molecule has 0 saturated carbocycles. The normalized spacial score (nSPS) is 20.1. The zero-order valence-corrected chi connectivity index (χ0v) is 27.0. The van der Waals surface area contributed by atoms with Crippen LogP contribution in [0, 0.1) is 0 Å². The van der Waals surface area contributed by atoms with Crippen LogP contribution in [0.1, 0.15) is 19.2 Å². The van der Waals surface area contributed by atoms with E-state index in [1.165, 1.54) is 0 Å². The fraction of sp³-hybridized carbons (Fsp3) is 0.171. The molecule has 0 radical (unpaired) electrons. The molecular weight excluding hydrogens is 641 g/mol. The maximum absolute atomic E-state index is 12.5. The summed E-state index contributed by atoms with van der Waals surface area (Å²) in [5.74, 6) is 0.655. The molecule has 1 spiro atoms. The molecule has 10 nitrogen and oxygen atoms in total. The van der Waals surface area contributed by atoms with E-state index in [0.29, 0.717) is 46.3 Å². The quantitative estimate of drug-likeness (QED) is 0.0818. The Morgan fingerprint density at radius 1 is 0.872 bits per heavy atom. The van der Waals surface area contributed by atoms with Crippen LogP contribution in [0.5, 0.6) is 5.75 Å². The molecule has 0 amide bonds. The van der Waals surface area contributed by atoms with Gasteiger partial charge in [0.15, 0.2) is 24.5 Å². The summed E-state index contributed by atoms with van der Waals surface area (Å²) in [6, 6.07) is 30.7. The van der Waals surface area contributed by atoms with E-state index in [2.05, 4.69) is 0 Å². The third-order valence-corrected chi connectivity index (χ3v) is 10.6. The molecule has 2 N–H and O–H groups in total. The van der Waals surface area contributed by atoms with E-state index in [1.54, 1.807) is 22.8 Å². The van der Waals surface area contributed by atoms with Crippen LogP contribution >= 0.6 is 0 Å². The molecule has 0 aliphatic carbocycles. The molecule has 47 heavy (non-hydrogen) atoms. The highest BCUT2D eigenvalue weighted by molar-refractivity contribution is 7.86. The second kappa shape index (κ2) is 11.6. The lowest BCUT2D eigenvalue weighted by Crippen LogP contribution is -2.38. The lowest BCUT2D eigenvalue weighted by atomic mass is 10.0. The summed E-state index contributed by atoms with van der Waals surface area (Å²) in [7, 11) is -8.70. The molecule has 2 unspecified atom stereocenters. The number of rotatable bonds is 9. The molecule has 12 heteroatoms. The van der Waals surface area contributed by atoms with E-state index in [1.807, 2.05) is 97.9 Å². The topological polar surface area (TPSA) is 135 Å². The highest BCUT2D eigenvalue weighted by atomic mass is 32.2. The Morgan fingerprint density at radius 3 is 2.11 bits per heavy atom. The third-order valence-electron chi connectivity index (χ3n) is 8.69. The molecule has 0 bridgehead atoms. The van der Waals surface area contributed by atoms with Crippen molar-refractivity contribution in [2.45, 2.75) is 25.3 Å². The van der Waals surface area contributed by atoms with E-state index in [0.717, 1.165) is 22.3 Å². The zero-order chi connectivity index (χ0) is 33.0. The standard InChI is InChI=1S/C35H30N2O8S2/c1-2-24(19-33-36(17-18-46(38,39)40)29-21-27(13-15-31(29)44-33)25-9-5-3-6-10-25)20-34-37(23-35(37)47(41,42)43)30-22-28(14-16-32(30)45-34)26-11-7-4-8-12-26/h3-16,19-22,35H,2,17-18,23H2,1H3/p+2. The Kier molecular flexibility index (Phi) is 7.65. The number of nitrogens with zero attached hydrogens (tertiary/aromatic N) is 2. The molecule has 7 rings (SSSR count). The van der Waals surface area contributed by atoms with Crippen molar-refractivity contribution < 1.29 is 39.7 Å². The number of benzene rings is 4. The van der Waals surface area contributed by atoms with Crippen LogP contribution in [0.25, 0.3) is 39.4 Å². The van der Waals surface area contributed by atoms with Gasteiger partial charge < -0.3 is 9.15 Å². The van der Waals surface area contributed by atoms with Gasteiger partial charge in [0.05, 0.1) is 6.08 Å². The van der Waals surface area contributed by atoms with E-state index >= 15 is 0 Å². The predicted molar refractivity (Wildman–Crippen MR) is 179 cm³/mol. The number of aryl methyl sites for hydroxylation is 1. The minimum absolute atomic E-state index is 0.0709. The number of hydrogen-bond donors (Lipinski definition) is 2. The number of allylic oxidation sites excluding steroid dienone is 2.